The smallest absolute Gasteiger partial charge is 0.227 e. The number of methoxy groups -OCH3 is 1. The van der Waals surface area contributed by atoms with Crippen LogP contribution >= 0.6 is 15.9 Å². The molecule has 0 N–H and O–H groups in total. The van der Waals surface area contributed by atoms with E-state index in [4.69, 9.17) is 4.74 Å². The second kappa shape index (κ2) is 6.34. The van der Waals surface area contributed by atoms with Crippen molar-refractivity contribution in [3.63, 3.8) is 0 Å². The zero-order valence-electron chi connectivity index (χ0n) is 10.6. The first-order chi connectivity index (χ1) is 8.70. The number of halogens is 1. The van der Waals surface area contributed by atoms with Gasteiger partial charge in [0.1, 0.15) is 0 Å². The standard InChI is InChI=1S/C14H18BrNO2/c1-18-12-6-8-16(9-7-12)14(17)10-11-4-2-3-5-13(11)15/h2-5,12H,6-10H2,1H3. The molecule has 3 nitrogen and oxygen atoms in total. The molecule has 1 aromatic carbocycles. The second-order valence-electron chi connectivity index (χ2n) is 4.58. The molecule has 0 radical (unpaired) electrons. The lowest BCUT2D eigenvalue weighted by molar-refractivity contribution is -0.132. The summed E-state index contributed by atoms with van der Waals surface area (Å²) in [5, 5.41) is 0. The van der Waals surface area contributed by atoms with Crippen LogP contribution < -0.4 is 0 Å². The molecular formula is C14H18BrNO2. The molecule has 1 heterocycles. The molecular weight excluding hydrogens is 294 g/mol. The van der Waals surface area contributed by atoms with Gasteiger partial charge < -0.3 is 9.64 Å². The monoisotopic (exact) mass is 311 g/mol. The molecule has 1 aliphatic heterocycles. The molecule has 1 aromatic rings. The molecule has 0 aliphatic carbocycles. The SMILES string of the molecule is COC1CCN(C(=O)Cc2ccccc2Br)CC1. The number of carbonyl (C=O) groups is 1. The fourth-order valence-corrected chi connectivity index (χ4v) is 2.68. The van der Waals surface area contributed by atoms with Crippen molar-refractivity contribution in [3.05, 3.63) is 34.3 Å². The van der Waals surface area contributed by atoms with Crippen LogP contribution in [0.15, 0.2) is 28.7 Å². The third-order valence-corrected chi connectivity index (χ3v) is 4.20. The van der Waals surface area contributed by atoms with Crippen LogP contribution in [0.5, 0.6) is 0 Å². The molecule has 0 saturated carbocycles. The Hall–Kier alpha value is -0.870. The van der Waals surface area contributed by atoms with Crippen molar-refractivity contribution in [3.8, 4) is 0 Å². The van der Waals surface area contributed by atoms with Crippen molar-refractivity contribution < 1.29 is 9.53 Å². The summed E-state index contributed by atoms with van der Waals surface area (Å²) in [5.74, 6) is 0.205. The summed E-state index contributed by atoms with van der Waals surface area (Å²) in [4.78, 5) is 14.1. The minimum atomic E-state index is 0.205. The average molecular weight is 312 g/mol. The van der Waals surface area contributed by atoms with E-state index in [-0.39, 0.29) is 5.91 Å². The van der Waals surface area contributed by atoms with Gasteiger partial charge in [-0.25, -0.2) is 0 Å². The molecule has 0 unspecified atom stereocenters. The lowest BCUT2D eigenvalue weighted by Gasteiger charge is -2.31. The number of amides is 1. The fraction of sp³-hybridized carbons (Fsp3) is 0.500. The van der Waals surface area contributed by atoms with Crippen molar-refractivity contribution in [1.29, 1.82) is 0 Å². The van der Waals surface area contributed by atoms with Gasteiger partial charge in [0.15, 0.2) is 0 Å². The highest BCUT2D eigenvalue weighted by molar-refractivity contribution is 9.10. The number of hydrogen-bond acceptors (Lipinski definition) is 2. The maximum atomic E-state index is 12.2. The van der Waals surface area contributed by atoms with Crippen LogP contribution in [-0.2, 0) is 16.0 Å². The van der Waals surface area contributed by atoms with Gasteiger partial charge in [0.25, 0.3) is 0 Å². The first-order valence-corrected chi connectivity index (χ1v) is 7.04. The summed E-state index contributed by atoms with van der Waals surface area (Å²) in [6.07, 6.45) is 2.67. The van der Waals surface area contributed by atoms with Gasteiger partial charge in [-0.05, 0) is 24.5 Å². The van der Waals surface area contributed by atoms with E-state index in [0.717, 1.165) is 36.0 Å². The summed E-state index contributed by atoms with van der Waals surface area (Å²) in [5.41, 5.74) is 1.05. The Morgan fingerprint density at radius 2 is 2.06 bits per heavy atom. The number of carbonyl (C=O) groups excluding carboxylic acids is 1. The number of nitrogens with zero attached hydrogens (tertiary/aromatic N) is 1. The van der Waals surface area contributed by atoms with E-state index in [1.807, 2.05) is 29.2 Å². The molecule has 1 saturated heterocycles. The average Bonchev–Trinajstić information content (AvgIpc) is 2.41. The quantitative estimate of drug-likeness (QED) is 0.859. The summed E-state index contributed by atoms with van der Waals surface area (Å²) >= 11 is 3.48. The van der Waals surface area contributed by atoms with Crippen LogP contribution in [0.3, 0.4) is 0 Å². The van der Waals surface area contributed by atoms with Crippen LogP contribution in [0.2, 0.25) is 0 Å². The van der Waals surface area contributed by atoms with Gasteiger partial charge in [-0.1, -0.05) is 34.1 Å². The van der Waals surface area contributed by atoms with E-state index in [1.165, 1.54) is 0 Å². The zero-order chi connectivity index (χ0) is 13.0. The maximum absolute atomic E-state index is 12.2. The molecule has 0 aromatic heterocycles. The van der Waals surface area contributed by atoms with Crippen LogP contribution in [-0.4, -0.2) is 37.1 Å². The van der Waals surface area contributed by atoms with Crippen LogP contribution in [0, 0.1) is 0 Å². The van der Waals surface area contributed by atoms with Crippen molar-refractivity contribution in [1.82, 2.24) is 4.90 Å². The molecule has 0 spiro atoms. The zero-order valence-corrected chi connectivity index (χ0v) is 12.1. The highest BCUT2D eigenvalue weighted by Crippen LogP contribution is 2.19. The minimum Gasteiger partial charge on any atom is -0.381 e. The molecule has 1 fully saturated rings. The number of likely N-dealkylation sites (tertiary alicyclic amines) is 1. The number of piperidine rings is 1. The predicted octanol–water partition coefficient (Wildman–Crippen LogP) is 2.63. The summed E-state index contributed by atoms with van der Waals surface area (Å²) < 4.78 is 6.32. The molecule has 4 heteroatoms. The van der Waals surface area contributed by atoms with E-state index in [0.29, 0.717) is 12.5 Å². The topological polar surface area (TPSA) is 29.5 Å². The third kappa shape index (κ3) is 3.33. The summed E-state index contributed by atoms with van der Waals surface area (Å²) in [7, 11) is 1.74. The van der Waals surface area contributed by atoms with Gasteiger partial charge in [0.05, 0.1) is 12.5 Å². The maximum Gasteiger partial charge on any atom is 0.227 e. The Bertz CT molecular complexity index is 414. The highest BCUT2D eigenvalue weighted by Gasteiger charge is 2.22. The van der Waals surface area contributed by atoms with Crippen LogP contribution in [0.25, 0.3) is 0 Å². The van der Waals surface area contributed by atoms with E-state index >= 15 is 0 Å². The van der Waals surface area contributed by atoms with Gasteiger partial charge in [0.2, 0.25) is 5.91 Å². The Morgan fingerprint density at radius 1 is 1.39 bits per heavy atom. The van der Waals surface area contributed by atoms with Gasteiger partial charge in [-0.2, -0.15) is 0 Å². The minimum absolute atomic E-state index is 0.205. The van der Waals surface area contributed by atoms with Crippen molar-refractivity contribution in [2.24, 2.45) is 0 Å². The van der Waals surface area contributed by atoms with Crippen LogP contribution in [0.4, 0.5) is 0 Å². The third-order valence-electron chi connectivity index (χ3n) is 3.43. The van der Waals surface area contributed by atoms with Gasteiger partial charge in [0, 0.05) is 24.7 Å². The molecule has 1 amide bonds. The fourth-order valence-electron chi connectivity index (χ4n) is 2.26. The lowest BCUT2D eigenvalue weighted by Crippen LogP contribution is -2.41. The van der Waals surface area contributed by atoms with E-state index in [2.05, 4.69) is 15.9 Å². The van der Waals surface area contributed by atoms with Crippen molar-refractivity contribution in [2.45, 2.75) is 25.4 Å². The predicted molar refractivity (Wildman–Crippen MR) is 74.5 cm³/mol. The Labute approximate surface area is 116 Å². The van der Waals surface area contributed by atoms with Crippen molar-refractivity contribution >= 4 is 21.8 Å². The van der Waals surface area contributed by atoms with E-state index in [1.54, 1.807) is 7.11 Å². The Kier molecular flexibility index (Phi) is 4.78. The Morgan fingerprint density at radius 3 is 2.67 bits per heavy atom. The van der Waals surface area contributed by atoms with Gasteiger partial charge in [-0.15, -0.1) is 0 Å². The van der Waals surface area contributed by atoms with Crippen molar-refractivity contribution in [2.75, 3.05) is 20.2 Å². The number of benzene rings is 1. The molecule has 0 bridgehead atoms. The summed E-state index contributed by atoms with van der Waals surface area (Å²) in [6, 6.07) is 7.89. The molecule has 2 rings (SSSR count). The van der Waals surface area contributed by atoms with Gasteiger partial charge >= 0.3 is 0 Å². The number of rotatable bonds is 3. The van der Waals surface area contributed by atoms with Crippen LogP contribution in [0.1, 0.15) is 18.4 Å². The normalized spacial score (nSPS) is 16.9. The van der Waals surface area contributed by atoms with E-state index < -0.39 is 0 Å². The van der Waals surface area contributed by atoms with E-state index in [9.17, 15) is 4.79 Å². The molecule has 18 heavy (non-hydrogen) atoms. The highest BCUT2D eigenvalue weighted by atomic mass is 79.9. The number of hydrogen-bond donors (Lipinski definition) is 0. The second-order valence-corrected chi connectivity index (χ2v) is 5.44. The summed E-state index contributed by atoms with van der Waals surface area (Å²) in [6.45, 7) is 1.61. The first-order valence-electron chi connectivity index (χ1n) is 6.24. The Balaban J connectivity index is 1.91. The first kappa shape index (κ1) is 13.6. The number of ether oxygens (including phenoxy) is 1. The largest absolute Gasteiger partial charge is 0.381 e. The molecule has 1 aliphatic rings. The molecule has 98 valence electrons. The lowest BCUT2D eigenvalue weighted by atomic mass is 10.1. The molecule has 0 atom stereocenters. The van der Waals surface area contributed by atoms with Gasteiger partial charge in [-0.3, -0.25) is 4.79 Å².